The molecule has 0 aliphatic carbocycles. The van der Waals surface area contributed by atoms with Crippen LogP contribution in [0.15, 0.2) is 53.1 Å². The molecule has 3 aromatic rings. The van der Waals surface area contributed by atoms with E-state index >= 15 is 0 Å². The highest BCUT2D eigenvalue weighted by atomic mass is 79.9. The molecule has 106 valence electrons. The molecule has 2 aromatic carbocycles. The van der Waals surface area contributed by atoms with Gasteiger partial charge in [0.1, 0.15) is 0 Å². The fourth-order valence-corrected chi connectivity index (χ4v) is 2.99. The summed E-state index contributed by atoms with van der Waals surface area (Å²) in [7, 11) is 0. The molecule has 0 fully saturated rings. The molecule has 4 nitrogen and oxygen atoms in total. The Bertz CT molecular complexity index is 845. The van der Waals surface area contributed by atoms with Crippen LogP contribution in [-0.2, 0) is 6.54 Å². The van der Waals surface area contributed by atoms with Crippen LogP contribution in [0.4, 0.5) is 5.69 Å². The SMILES string of the molecule is O=[N+]([O-])c1ccc2ccn(Cc3ccc(Br)cc3Cl)c2c1. The number of aromatic nitrogens is 1. The molecule has 3 rings (SSSR count). The zero-order valence-electron chi connectivity index (χ0n) is 10.8. The van der Waals surface area contributed by atoms with E-state index in [-0.39, 0.29) is 10.6 Å². The van der Waals surface area contributed by atoms with E-state index in [4.69, 9.17) is 11.6 Å². The van der Waals surface area contributed by atoms with Crippen LogP contribution in [0.2, 0.25) is 5.02 Å². The topological polar surface area (TPSA) is 48.1 Å². The molecule has 0 N–H and O–H groups in total. The zero-order valence-corrected chi connectivity index (χ0v) is 13.1. The van der Waals surface area contributed by atoms with Crippen molar-refractivity contribution in [1.29, 1.82) is 0 Å². The largest absolute Gasteiger partial charge is 0.343 e. The van der Waals surface area contributed by atoms with Gasteiger partial charge in [-0.1, -0.05) is 33.6 Å². The second kappa shape index (κ2) is 5.50. The molecular weight excluding hydrogens is 356 g/mol. The number of nitrogens with zero attached hydrogens (tertiary/aromatic N) is 2. The maximum absolute atomic E-state index is 10.9. The lowest BCUT2D eigenvalue weighted by molar-refractivity contribution is -0.384. The molecule has 0 saturated heterocycles. The molecule has 1 aromatic heterocycles. The Kier molecular flexibility index (Phi) is 3.69. The minimum absolute atomic E-state index is 0.0874. The Morgan fingerprint density at radius 1 is 1.19 bits per heavy atom. The first kappa shape index (κ1) is 14.1. The van der Waals surface area contributed by atoms with Crippen LogP contribution >= 0.6 is 27.5 Å². The maximum atomic E-state index is 10.9. The third-order valence-corrected chi connectivity index (χ3v) is 4.17. The first-order chi connectivity index (χ1) is 10.0. The average molecular weight is 366 g/mol. The highest BCUT2D eigenvalue weighted by Crippen LogP contribution is 2.26. The third kappa shape index (κ3) is 2.80. The first-order valence-corrected chi connectivity index (χ1v) is 7.39. The molecule has 0 atom stereocenters. The van der Waals surface area contributed by atoms with Gasteiger partial charge in [-0.2, -0.15) is 0 Å². The van der Waals surface area contributed by atoms with Gasteiger partial charge in [-0.25, -0.2) is 0 Å². The second-order valence-electron chi connectivity index (χ2n) is 4.68. The van der Waals surface area contributed by atoms with Crippen LogP contribution in [0, 0.1) is 10.1 Å². The van der Waals surface area contributed by atoms with Crippen LogP contribution in [0.1, 0.15) is 5.56 Å². The Balaban J connectivity index is 2.04. The van der Waals surface area contributed by atoms with Crippen LogP contribution in [0.3, 0.4) is 0 Å². The summed E-state index contributed by atoms with van der Waals surface area (Å²) >= 11 is 9.60. The lowest BCUT2D eigenvalue weighted by Gasteiger charge is -2.08. The molecule has 21 heavy (non-hydrogen) atoms. The number of non-ortho nitro benzene ring substituents is 1. The van der Waals surface area contributed by atoms with E-state index < -0.39 is 0 Å². The van der Waals surface area contributed by atoms with E-state index in [9.17, 15) is 10.1 Å². The Hall–Kier alpha value is -1.85. The summed E-state index contributed by atoms with van der Waals surface area (Å²) in [6.07, 6.45) is 1.91. The number of hydrogen-bond acceptors (Lipinski definition) is 2. The Morgan fingerprint density at radius 3 is 2.71 bits per heavy atom. The monoisotopic (exact) mass is 364 g/mol. The van der Waals surface area contributed by atoms with Gasteiger partial charge < -0.3 is 4.57 Å². The van der Waals surface area contributed by atoms with Gasteiger partial charge in [0.2, 0.25) is 0 Å². The fraction of sp³-hybridized carbons (Fsp3) is 0.0667. The molecule has 0 aliphatic heterocycles. The van der Waals surface area contributed by atoms with Crippen molar-refractivity contribution in [3.63, 3.8) is 0 Å². The van der Waals surface area contributed by atoms with E-state index in [0.717, 1.165) is 20.9 Å². The van der Waals surface area contributed by atoms with Gasteiger partial charge in [0.15, 0.2) is 0 Å². The van der Waals surface area contributed by atoms with Gasteiger partial charge in [-0.05, 0) is 29.8 Å². The number of fused-ring (bicyclic) bond motifs is 1. The quantitative estimate of drug-likeness (QED) is 0.483. The summed E-state index contributed by atoms with van der Waals surface area (Å²) in [6, 6.07) is 12.5. The van der Waals surface area contributed by atoms with Crippen molar-refractivity contribution in [3.8, 4) is 0 Å². The van der Waals surface area contributed by atoms with Crippen LogP contribution < -0.4 is 0 Å². The molecular formula is C15H10BrClN2O2. The molecule has 0 spiro atoms. The fourth-order valence-electron chi connectivity index (χ4n) is 2.26. The van der Waals surface area contributed by atoms with Crippen molar-refractivity contribution in [2.75, 3.05) is 0 Å². The van der Waals surface area contributed by atoms with Gasteiger partial charge in [-0.15, -0.1) is 0 Å². The van der Waals surface area contributed by atoms with E-state index in [0.29, 0.717) is 11.6 Å². The lowest BCUT2D eigenvalue weighted by Crippen LogP contribution is -1.99. The standard InChI is InChI=1S/C15H10BrClN2O2/c16-12-3-1-11(14(17)7-12)9-18-6-5-10-2-4-13(19(20)21)8-15(10)18/h1-8H,9H2. The molecule has 0 aliphatic rings. The summed E-state index contributed by atoms with van der Waals surface area (Å²) in [5.41, 5.74) is 1.87. The van der Waals surface area contributed by atoms with Crippen LogP contribution in [0.25, 0.3) is 10.9 Å². The molecule has 0 radical (unpaired) electrons. The first-order valence-electron chi connectivity index (χ1n) is 6.22. The minimum Gasteiger partial charge on any atom is -0.343 e. The molecule has 0 saturated carbocycles. The van der Waals surface area contributed by atoms with E-state index in [1.807, 2.05) is 35.0 Å². The van der Waals surface area contributed by atoms with Gasteiger partial charge >= 0.3 is 0 Å². The summed E-state index contributed by atoms with van der Waals surface area (Å²) < 4.78 is 2.88. The molecule has 1 heterocycles. The highest BCUT2D eigenvalue weighted by Gasteiger charge is 2.10. The smallest absolute Gasteiger partial charge is 0.271 e. The predicted octanol–water partition coefficient (Wildman–Crippen LogP) is 5.01. The van der Waals surface area contributed by atoms with E-state index in [2.05, 4.69) is 15.9 Å². The number of hydrogen-bond donors (Lipinski definition) is 0. The van der Waals surface area contributed by atoms with Gasteiger partial charge in [0.25, 0.3) is 5.69 Å². The van der Waals surface area contributed by atoms with Crippen molar-refractivity contribution < 1.29 is 4.92 Å². The van der Waals surface area contributed by atoms with Crippen LogP contribution in [-0.4, -0.2) is 9.49 Å². The number of halogens is 2. The van der Waals surface area contributed by atoms with E-state index in [1.165, 1.54) is 6.07 Å². The third-order valence-electron chi connectivity index (χ3n) is 3.32. The molecule has 6 heteroatoms. The normalized spacial score (nSPS) is 11.0. The van der Waals surface area contributed by atoms with E-state index in [1.54, 1.807) is 12.1 Å². The van der Waals surface area contributed by atoms with Gasteiger partial charge in [0.05, 0.1) is 10.4 Å². The lowest BCUT2D eigenvalue weighted by atomic mass is 10.2. The predicted molar refractivity (Wildman–Crippen MR) is 86.8 cm³/mol. The summed E-state index contributed by atoms with van der Waals surface area (Å²) in [4.78, 5) is 10.5. The summed E-state index contributed by atoms with van der Waals surface area (Å²) in [5.74, 6) is 0. The number of nitro groups is 1. The van der Waals surface area contributed by atoms with Gasteiger partial charge in [-0.3, -0.25) is 10.1 Å². The van der Waals surface area contributed by atoms with Crippen molar-refractivity contribution in [2.24, 2.45) is 0 Å². The van der Waals surface area contributed by atoms with Crippen molar-refractivity contribution in [1.82, 2.24) is 4.57 Å². The average Bonchev–Trinajstić information content (AvgIpc) is 2.84. The highest BCUT2D eigenvalue weighted by molar-refractivity contribution is 9.10. The van der Waals surface area contributed by atoms with Crippen LogP contribution in [0.5, 0.6) is 0 Å². The van der Waals surface area contributed by atoms with Crippen molar-refractivity contribution >= 4 is 44.1 Å². The van der Waals surface area contributed by atoms with Gasteiger partial charge in [0, 0.05) is 39.8 Å². The molecule has 0 amide bonds. The number of benzene rings is 2. The molecule has 0 bridgehead atoms. The summed E-state index contributed by atoms with van der Waals surface area (Å²) in [5, 5.41) is 12.5. The number of rotatable bonds is 3. The Morgan fingerprint density at radius 2 is 2.00 bits per heavy atom. The summed E-state index contributed by atoms with van der Waals surface area (Å²) in [6.45, 7) is 0.566. The maximum Gasteiger partial charge on any atom is 0.271 e. The second-order valence-corrected chi connectivity index (χ2v) is 6.00. The molecule has 0 unspecified atom stereocenters. The van der Waals surface area contributed by atoms with Crippen molar-refractivity contribution in [2.45, 2.75) is 6.54 Å². The minimum atomic E-state index is -0.386. The van der Waals surface area contributed by atoms with Crippen molar-refractivity contribution in [3.05, 3.63) is 73.8 Å². The Labute approximate surface area is 134 Å². The number of nitro benzene ring substituents is 1. The zero-order chi connectivity index (χ0) is 15.0.